The van der Waals surface area contributed by atoms with Crippen molar-refractivity contribution in [2.45, 2.75) is 92.0 Å². The monoisotopic (exact) mass is 623 g/mol. The number of carbonyl (C=O) groups is 4. The molecule has 0 aromatic heterocycles. The molecule has 0 aliphatic carbocycles. The van der Waals surface area contributed by atoms with Gasteiger partial charge in [-0.2, -0.15) is 0 Å². The Morgan fingerprint density at radius 2 is 1.77 bits per heavy atom. The van der Waals surface area contributed by atoms with Crippen LogP contribution in [0.25, 0.3) is 0 Å². The van der Waals surface area contributed by atoms with Gasteiger partial charge in [0.1, 0.15) is 5.60 Å². The number of halogens is 1. The lowest BCUT2D eigenvalue weighted by molar-refractivity contribution is -0.135. The SMILES string of the molecule is CC(C)CN(C(N)=O)C(=O)[C@@H](C[C@H](O)[C@H](CN1CC(=O)N(c2ccccc2Cl)CC1(C)C)NC(=O)OC(C)(C)C)C(C)C. The van der Waals surface area contributed by atoms with E-state index < -0.39 is 47.2 Å². The van der Waals surface area contributed by atoms with Gasteiger partial charge in [-0.05, 0) is 65.0 Å². The van der Waals surface area contributed by atoms with Gasteiger partial charge in [-0.15, -0.1) is 0 Å². The number of aliphatic hydroxyl groups excluding tert-OH is 1. The minimum Gasteiger partial charge on any atom is -0.444 e. The predicted molar refractivity (Wildman–Crippen MR) is 168 cm³/mol. The van der Waals surface area contributed by atoms with Gasteiger partial charge < -0.3 is 25.8 Å². The number of nitrogens with zero attached hydrogens (tertiary/aromatic N) is 3. The molecule has 2 rings (SSSR count). The van der Waals surface area contributed by atoms with Crippen molar-refractivity contribution in [3.05, 3.63) is 29.3 Å². The fourth-order valence-electron chi connectivity index (χ4n) is 5.14. The molecular weight excluding hydrogens is 574 g/mol. The first kappa shape index (κ1) is 36.3. The summed E-state index contributed by atoms with van der Waals surface area (Å²) in [5, 5.41) is 14.8. The lowest BCUT2D eigenvalue weighted by Crippen LogP contribution is -2.65. The average Bonchev–Trinajstić information content (AvgIpc) is 2.85. The summed E-state index contributed by atoms with van der Waals surface area (Å²) in [5.74, 6) is -1.65. The predicted octanol–water partition coefficient (Wildman–Crippen LogP) is 4.25. The highest BCUT2D eigenvalue weighted by Gasteiger charge is 2.42. The Bertz CT molecular complexity index is 1150. The third-order valence-electron chi connectivity index (χ3n) is 7.45. The van der Waals surface area contributed by atoms with E-state index in [0.717, 1.165) is 4.90 Å². The van der Waals surface area contributed by atoms with E-state index in [4.69, 9.17) is 22.1 Å². The number of urea groups is 1. The first-order valence-corrected chi connectivity index (χ1v) is 15.2. The van der Waals surface area contributed by atoms with Crippen LogP contribution in [0.3, 0.4) is 0 Å². The lowest BCUT2D eigenvalue weighted by atomic mass is 9.86. The number of carbonyl (C=O) groups excluding carboxylic acids is 4. The van der Waals surface area contributed by atoms with Gasteiger partial charge in [0, 0.05) is 31.1 Å². The van der Waals surface area contributed by atoms with E-state index in [0.29, 0.717) is 17.3 Å². The Hall–Kier alpha value is -2.89. The van der Waals surface area contributed by atoms with Crippen LogP contribution in [0.5, 0.6) is 0 Å². The van der Waals surface area contributed by atoms with Crippen molar-refractivity contribution in [3.63, 3.8) is 0 Å². The van der Waals surface area contributed by atoms with Crippen LogP contribution >= 0.6 is 11.6 Å². The molecule has 1 heterocycles. The molecule has 4 N–H and O–H groups in total. The fourth-order valence-corrected chi connectivity index (χ4v) is 5.37. The molecule has 0 radical (unpaired) electrons. The topological polar surface area (TPSA) is 146 Å². The minimum absolute atomic E-state index is 0.0000259. The molecule has 11 nitrogen and oxygen atoms in total. The van der Waals surface area contributed by atoms with Crippen LogP contribution in [0, 0.1) is 17.8 Å². The number of alkyl carbamates (subject to hydrolysis) is 1. The standard InChI is InChI=1S/C31H50ClN5O6/c1-19(2)15-36(28(33)41)27(40)21(20(3)4)14-25(38)23(34-29(42)43-30(5,6)7)16-35-17-26(39)37(18-31(35,8)9)24-13-11-10-12-22(24)32/h10-13,19-21,23,25,38H,14-18H2,1-9H3,(H2,33,41)(H,34,42)/t21-,23-,25-/m0/s1. The van der Waals surface area contributed by atoms with Crippen molar-refractivity contribution in [1.82, 2.24) is 15.1 Å². The second kappa shape index (κ2) is 14.7. The van der Waals surface area contributed by atoms with Crippen molar-refractivity contribution in [3.8, 4) is 0 Å². The number of nitrogens with two attached hydrogens (primary N) is 1. The molecule has 1 saturated heterocycles. The van der Waals surface area contributed by atoms with Gasteiger partial charge in [-0.25, -0.2) is 9.59 Å². The summed E-state index contributed by atoms with van der Waals surface area (Å²) in [7, 11) is 0. The van der Waals surface area contributed by atoms with Gasteiger partial charge in [-0.1, -0.05) is 51.4 Å². The van der Waals surface area contributed by atoms with E-state index in [1.165, 1.54) is 0 Å². The van der Waals surface area contributed by atoms with Gasteiger partial charge in [0.2, 0.25) is 11.8 Å². The van der Waals surface area contributed by atoms with Crippen LogP contribution in [0.15, 0.2) is 24.3 Å². The first-order chi connectivity index (χ1) is 19.7. The largest absolute Gasteiger partial charge is 0.444 e. The summed E-state index contributed by atoms with van der Waals surface area (Å²) in [5.41, 5.74) is 4.80. The number of primary amides is 1. The summed E-state index contributed by atoms with van der Waals surface area (Å²) in [6, 6.07) is 5.38. The lowest BCUT2D eigenvalue weighted by Gasteiger charge is -2.48. The van der Waals surface area contributed by atoms with Crippen LogP contribution in [-0.4, -0.2) is 88.3 Å². The van der Waals surface area contributed by atoms with Gasteiger partial charge in [0.05, 0.1) is 29.4 Å². The molecule has 1 aromatic carbocycles. The van der Waals surface area contributed by atoms with Crippen molar-refractivity contribution in [1.29, 1.82) is 0 Å². The number of aliphatic hydroxyl groups is 1. The molecular formula is C31H50ClN5O6. The molecule has 1 aromatic rings. The maximum absolute atomic E-state index is 13.5. The zero-order valence-corrected chi connectivity index (χ0v) is 27.8. The summed E-state index contributed by atoms with van der Waals surface area (Å²) in [6.07, 6.45) is -2.00. The molecule has 43 heavy (non-hydrogen) atoms. The molecule has 0 saturated carbocycles. The first-order valence-electron chi connectivity index (χ1n) is 14.8. The second-order valence-corrected chi connectivity index (χ2v) is 14.1. The number of piperazine rings is 1. The molecule has 12 heteroatoms. The van der Waals surface area contributed by atoms with Gasteiger partial charge in [0.15, 0.2) is 0 Å². The van der Waals surface area contributed by atoms with Crippen LogP contribution in [0.4, 0.5) is 15.3 Å². The van der Waals surface area contributed by atoms with E-state index in [2.05, 4.69) is 5.32 Å². The molecule has 0 unspecified atom stereocenters. The molecule has 1 fully saturated rings. The number of hydrogen-bond donors (Lipinski definition) is 3. The van der Waals surface area contributed by atoms with Crippen LogP contribution in [-0.2, 0) is 14.3 Å². The zero-order chi connectivity index (χ0) is 32.9. The summed E-state index contributed by atoms with van der Waals surface area (Å²) < 4.78 is 5.48. The Balaban J connectivity index is 2.36. The summed E-state index contributed by atoms with van der Waals surface area (Å²) >= 11 is 6.40. The third kappa shape index (κ3) is 10.4. The van der Waals surface area contributed by atoms with E-state index >= 15 is 0 Å². The maximum atomic E-state index is 13.5. The van der Waals surface area contributed by atoms with E-state index in [1.54, 1.807) is 43.9 Å². The van der Waals surface area contributed by atoms with Gasteiger partial charge >= 0.3 is 12.1 Å². The quantitative estimate of drug-likeness (QED) is 0.334. The number of amides is 5. The molecule has 5 amide bonds. The van der Waals surface area contributed by atoms with Gasteiger partial charge in [0.25, 0.3) is 0 Å². The van der Waals surface area contributed by atoms with Crippen molar-refractivity contribution < 1.29 is 29.0 Å². The third-order valence-corrected chi connectivity index (χ3v) is 7.77. The van der Waals surface area contributed by atoms with Crippen molar-refractivity contribution in [2.24, 2.45) is 23.5 Å². The van der Waals surface area contributed by atoms with E-state index in [9.17, 15) is 24.3 Å². The highest BCUT2D eigenvalue weighted by Crippen LogP contribution is 2.32. The summed E-state index contributed by atoms with van der Waals surface area (Å²) in [4.78, 5) is 56.5. The van der Waals surface area contributed by atoms with Gasteiger partial charge in [-0.3, -0.25) is 19.4 Å². The molecule has 1 aliphatic rings. The smallest absolute Gasteiger partial charge is 0.408 e. The average molecular weight is 624 g/mol. The normalized spacial score (nSPS) is 17.9. The number of hydrogen-bond acceptors (Lipinski definition) is 7. The van der Waals surface area contributed by atoms with Crippen LogP contribution in [0.2, 0.25) is 5.02 Å². The number of imide groups is 1. The second-order valence-electron chi connectivity index (χ2n) is 13.7. The number of nitrogens with one attached hydrogen (secondary N) is 1. The van der Waals surface area contributed by atoms with Crippen molar-refractivity contribution in [2.75, 3.05) is 31.1 Å². The Labute approximate surface area is 261 Å². The molecule has 1 aliphatic heterocycles. The number of benzene rings is 1. The molecule has 0 spiro atoms. The number of anilines is 1. The number of para-hydroxylation sites is 1. The number of rotatable bonds is 11. The zero-order valence-electron chi connectivity index (χ0n) is 27.0. The van der Waals surface area contributed by atoms with Crippen LogP contribution in [0.1, 0.15) is 68.7 Å². The van der Waals surface area contributed by atoms with Crippen molar-refractivity contribution >= 4 is 41.2 Å². The highest BCUT2D eigenvalue weighted by atomic mass is 35.5. The van der Waals surface area contributed by atoms with E-state index in [-0.39, 0.29) is 43.8 Å². The maximum Gasteiger partial charge on any atom is 0.408 e. The molecule has 3 atom stereocenters. The van der Waals surface area contributed by atoms with Crippen LogP contribution < -0.4 is 16.0 Å². The molecule has 0 bridgehead atoms. The Kier molecular flexibility index (Phi) is 12.4. The fraction of sp³-hybridized carbons (Fsp3) is 0.677. The highest BCUT2D eigenvalue weighted by molar-refractivity contribution is 6.33. The van der Waals surface area contributed by atoms with E-state index in [1.807, 2.05) is 52.5 Å². The molecule has 242 valence electrons. The summed E-state index contributed by atoms with van der Waals surface area (Å²) in [6.45, 7) is 17.1. The Morgan fingerprint density at radius 3 is 2.28 bits per heavy atom. The number of ether oxygens (including phenoxy) is 1. The minimum atomic E-state index is -1.22. The Morgan fingerprint density at radius 1 is 1.16 bits per heavy atom.